The number of aryl methyl sites for hydroxylation is 2. The molecule has 0 amide bonds. The van der Waals surface area contributed by atoms with Crippen molar-refractivity contribution >= 4 is 17.0 Å². The third-order valence-electron chi connectivity index (χ3n) is 2.69. The van der Waals surface area contributed by atoms with Crippen molar-refractivity contribution in [3.8, 4) is 0 Å². The van der Waals surface area contributed by atoms with Gasteiger partial charge in [-0.1, -0.05) is 0 Å². The lowest BCUT2D eigenvalue weighted by atomic mass is 10.2. The van der Waals surface area contributed by atoms with Gasteiger partial charge in [0, 0.05) is 26.0 Å². The number of pyridine rings is 1. The molecule has 96 valence electrons. The molecule has 0 atom stereocenters. The van der Waals surface area contributed by atoms with Crippen LogP contribution in [0, 0.1) is 0 Å². The normalized spacial score (nSPS) is 10.8. The molecule has 0 aliphatic heterocycles. The highest BCUT2D eigenvalue weighted by Crippen LogP contribution is 2.10. The monoisotopic (exact) mass is 249 g/mol. The predicted molar refractivity (Wildman–Crippen MR) is 66.6 cm³/mol. The fourth-order valence-electron chi connectivity index (χ4n) is 1.87. The SMILES string of the molecule is CCOC(=O)c1cn(CC)c2nn(C)cc2c1=O. The maximum atomic E-state index is 12.2. The van der Waals surface area contributed by atoms with Gasteiger partial charge in [-0.15, -0.1) is 0 Å². The van der Waals surface area contributed by atoms with Gasteiger partial charge in [0.15, 0.2) is 5.65 Å². The number of nitrogens with zero attached hydrogens (tertiary/aromatic N) is 3. The van der Waals surface area contributed by atoms with E-state index in [1.807, 2.05) is 6.92 Å². The Morgan fingerprint density at radius 1 is 1.39 bits per heavy atom. The molecular weight excluding hydrogens is 234 g/mol. The Labute approximate surface area is 104 Å². The molecule has 0 saturated heterocycles. The maximum absolute atomic E-state index is 12.2. The molecule has 2 aromatic rings. The van der Waals surface area contributed by atoms with Crippen LogP contribution >= 0.6 is 0 Å². The molecule has 0 aliphatic rings. The Morgan fingerprint density at radius 3 is 2.72 bits per heavy atom. The first kappa shape index (κ1) is 12.3. The molecule has 2 aromatic heterocycles. The molecule has 0 radical (unpaired) electrons. The summed E-state index contributed by atoms with van der Waals surface area (Å²) in [4.78, 5) is 23.9. The zero-order chi connectivity index (χ0) is 13.3. The number of esters is 1. The molecule has 0 aliphatic carbocycles. The molecular formula is C12H15N3O3. The summed E-state index contributed by atoms with van der Waals surface area (Å²) < 4.78 is 8.21. The average Bonchev–Trinajstić information content (AvgIpc) is 2.72. The fraction of sp³-hybridized carbons (Fsp3) is 0.417. The molecule has 0 fully saturated rings. The van der Waals surface area contributed by atoms with E-state index in [-0.39, 0.29) is 17.6 Å². The topological polar surface area (TPSA) is 66.1 Å². The molecule has 18 heavy (non-hydrogen) atoms. The third-order valence-corrected chi connectivity index (χ3v) is 2.69. The van der Waals surface area contributed by atoms with E-state index < -0.39 is 5.97 Å². The van der Waals surface area contributed by atoms with Crippen molar-refractivity contribution in [1.29, 1.82) is 0 Å². The van der Waals surface area contributed by atoms with Crippen LogP contribution in [0.25, 0.3) is 11.0 Å². The summed E-state index contributed by atoms with van der Waals surface area (Å²) in [6.45, 7) is 4.50. The van der Waals surface area contributed by atoms with Gasteiger partial charge in [0.05, 0.1) is 12.0 Å². The number of aromatic nitrogens is 3. The summed E-state index contributed by atoms with van der Waals surface area (Å²) in [6.07, 6.45) is 3.13. The number of carbonyl (C=O) groups excluding carboxylic acids is 1. The van der Waals surface area contributed by atoms with Crippen LogP contribution in [0.4, 0.5) is 0 Å². The van der Waals surface area contributed by atoms with Gasteiger partial charge in [-0.25, -0.2) is 4.79 Å². The van der Waals surface area contributed by atoms with Gasteiger partial charge < -0.3 is 9.30 Å². The van der Waals surface area contributed by atoms with Gasteiger partial charge in [0.1, 0.15) is 5.56 Å². The standard InChI is InChI=1S/C12H15N3O3/c1-4-15-7-9(12(17)18-5-2)10(16)8-6-14(3)13-11(8)15/h6-7H,4-5H2,1-3H3. The van der Waals surface area contributed by atoms with Crippen LogP contribution in [0.15, 0.2) is 17.2 Å². The molecule has 6 nitrogen and oxygen atoms in total. The average molecular weight is 249 g/mol. The Morgan fingerprint density at radius 2 is 2.11 bits per heavy atom. The lowest BCUT2D eigenvalue weighted by Crippen LogP contribution is -2.20. The number of ether oxygens (including phenoxy) is 1. The summed E-state index contributed by atoms with van der Waals surface area (Å²) in [5.74, 6) is -0.588. The molecule has 0 aromatic carbocycles. The van der Waals surface area contributed by atoms with Crippen LogP contribution in [-0.4, -0.2) is 26.9 Å². The Hall–Kier alpha value is -2.11. The fourth-order valence-corrected chi connectivity index (χ4v) is 1.87. The Kier molecular flexibility index (Phi) is 3.18. The van der Waals surface area contributed by atoms with Crippen molar-refractivity contribution in [1.82, 2.24) is 14.3 Å². The zero-order valence-electron chi connectivity index (χ0n) is 10.6. The summed E-state index contributed by atoms with van der Waals surface area (Å²) in [6, 6.07) is 0. The minimum Gasteiger partial charge on any atom is -0.462 e. The molecule has 0 N–H and O–H groups in total. The Balaban J connectivity index is 2.72. The van der Waals surface area contributed by atoms with Gasteiger partial charge in [-0.05, 0) is 13.8 Å². The van der Waals surface area contributed by atoms with Crippen molar-refractivity contribution in [2.24, 2.45) is 7.05 Å². The first-order valence-corrected chi connectivity index (χ1v) is 5.82. The summed E-state index contributed by atoms with van der Waals surface area (Å²) >= 11 is 0. The smallest absolute Gasteiger partial charge is 0.343 e. The van der Waals surface area contributed by atoms with Crippen LogP contribution < -0.4 is 5.43 Å². The van der Waals surface area contributed by atoms with Crippen LogP contribution in [0.5, 0.6) is 0 Å². The van der Waals surface area contributed by atoms with E-state index >= 15 is 0 Å². The van der Waals surface area contributed by atoms with Crippen molar-refractivity contribution in [2.75, 3.05) is 6.61 Å². The van der Waals surface area contributed by atoms with E-state index in [2.05, 4.69) is 5.10 Å². The molecule has 0 unspecified atom stereocenters. The molecule has 6 heteroatoms. The first-order chi connectivity index (χ1) is 8.58. The van der Waals surface area contributed by atoms with E-state index in [1.54, 1.807) is 29.4 Å². The van der Waals surface area contributed by atoms with Gasteiger partial charge in [0.25, 0.3) is 0 Å². The minimum absolute atomic E-state index is 0.0548. The van der Waals surface area contributed by atoms with E-state index in [0.717, 1.165) is 0 Å². The van der Waals surface area contributed by atoms with Crippen molar-refractivity contribution in [3.63, 3.8) is 0 Å². The summed E-state index contributed by atoms with van der Waals surface area (Å²) in [5.41, 5.74) is 0.304. The highest BCUT2D eigenvalue weighted by molar-refractivity contribution is 5.92. The van der Waals surface area contributed by atoms with Crippen LogP contribution in [0.3, 0.4) is 0 Å². The molecule has 0 spiro atoms. The third kappa shape index (κ3) is 1.90. The number of hydrogen-bond acceptors (Lipinski definition) is 4. The second-order valence-electron chi connectivity index (χ2n) is 3.92. The highest BCUT2D eigenvalue weighted by Gasteiger charge is 2.17. The van der Waals surface area contributed by atoms with Gasteiger partial charge in [-0.3, -0.25) is 9.48 Å². The second-order valence-corrected chi connectivity index (χ2v) is 3.92. The first-order valence-electron chi connectivity index (χ1n) is 5.82. The van der Waals surface area contributed by atoms with E-state index in [9.17, 15) is 9.59 Å². The molecule has 2 heterocycles. The number of rotatable bonds is 3. The minimum atomic E-state index is -0.588. The van der Waals surface area contributed by atoms with Crippen molar-refractivity contribution < 1.29 is 9.53 Å². The molecule has 0 bridgehead atoms. The van der Waals surface area contributed by atoms with E-state index in [1.165, 1.54) is 6.20 Å². The van der Waals surface area contributed by atoms with E-state index in [0.29, 0.717) is 17.6 Å². The van der Waals surface area contributed by atoms with Crippen LogP contribution in [-0.2, 0) is 18.3 Å². The summed E-state index contributed by atoms with van der Waals surface area (Å²) in [5, 5.41) is 4.65. The van der Waals surface area contributed by atoms with Crippen LogP contribution in [0.1, 0.15) is 24.2 Å². The van der Waals surface area contributed by atoms with Crippen molar-refractivity contribution in [3.05, 3.63) is 28.2 Å². The number of carbonyl (C=O) groups is 1. The maximum Gasteiger partial charge on any atom is 0.343 e. The van der Waals surface area contributed by atoms with Gasteiger partial charge >= 0.3 is 5.97 Å². The largest absolute Gasteiger partial charge is 0.462 e. The zero-order valence-corrected chi connectivity index (χ0v) is 10.6. The predicted octanol–water partition coefficient (Wildman–Crippen LogP) is 0.932. The van der Waals surface area contributed by atoms with Gasteiger partial charge in [-0.2, -0.15) is 5.10 Å². The molecule has 2 rings (SSSR count). The van der Waals surface area contributed by atoms with Crippen LogP contribution in [0.2, 0.25) is 0 Å². The quantitative estimate of drug-likeness (QED) is 0.759. The van der Waals surface area contributed by atoms with Crippen molar-refractivity contribution in [2.45, 2.75) is 20.4 Å². The second kappa shape index (κ2) is 4.64. The van der Waals surface area contributed by atoms with Gasteiger partial charge in [0.2, 0.25) is 5.43 Å². The molecule has 0 saturated carbocycles. The lowest BCUT2D eigenvalue weighted by molar-refractivity contribution is 0.0524. The number of fused-ring (bicyclic) bond motifs is 1. The van der Waals surface area contributed by atoms with E-state index in [4.69, 9.17) is 4.74 Å². The lowest BCUT2D eigenvalue weighted by Gasteiger charge is -2.06. The number of hydrogen-bond donors (Lipinski definition) is 0. The highest BCUT2D eigenvalue weighted by atomic mass is 16.5. The summed E-state index contributed by atoms with van der Waals surface area (Å²) in [7, 11) is 1.74. The Bertz CT molecular complexity index is 654.